The molecule has 0 saturated carbocycles. The molecule has 0 radical (unpaired) electrons. The lowest BCUT2D eigenvalue weighted by molar-refractivity contribution is -0.131. The minimum atomic E-state index is -4.56. The molecule has 0 spiro atoms. The Bertz CT molecular complexity index is 1610. The lowest BCUT2D eigenvalue weighted by atomic mass is 9.98. The molecule has 41 heavy (non-hydrogen) atoms. The van der Waals surface area contributed by atoms with Crippen molar-refractivity contribution in [3.63, 3.8) is 0 Å². The summed E-state index contributed by atoms with van der Waals surface area (Å²) in [7, 11) is -8.65. The Kier molecular flexibility index (Phi) is 9.15. The maximum atomic E-state index is 13.9. The zero-order chi connectivity index (χ0) is 29.8. The monoisotopic (exact) mass is 600 g/mol. The van der Waals surface area contributed by atoms with E-state index in [1.807, 2.05) is 30.3 Å². The zero-order valence-electron chi connectivity index (χ0n) is 22.7. The van der Waals surface area contributed by atoms with Gasteiger partial charge in [0.25, 0.3) is 10.0 Å². The lowest BCUT2D eigenvalue weighted by Crippen LogP contribution is -2.55. The Labute approximate surface area is 240 Å². The van der Waals surface area contributed by atoms with E-state index in [0.29, 0.717) is 16.5 Å². The molecule has 3 aromatic carbocycles. The summed E-state index contributed by atoms with van der Waals surface area (Å²) in [6.07, 6.45) is -0.963. The molecule has 0 saturated heterocycles. The highest BCUT2D eigenvalue weighted by Crippen LogP contribution is 2.35. The van der Waals surface area contributed by atoms with Crippen LogP contribution in [0, 0.1) is 11.8 Å². The average Bonchev–Trinajstić information content (AvgIpc) is 3.41. The average molecular weight is 601 g/mol. The van der Waals surface area contributed by atoms with Crippen LogP contribution in [0.4, 0.5) is 0 Å². The van der Waals surface area contributed by atoms with E-state index in [4.69, 9.17) is 15.2 Å². The summed E-state index contributed by atoms with van der Waals surface area (Å²) in [5, 5.41) is 0. The van der Waals surface area contributed by atoms with E-state index in [0.717, 1.165) is 5.56 Å². The van der Waals surface area contributed by atoms with Gasteiger partial charge in [-0.2, -0.15) is 0 Å². The van der Waals surface area contributed by atoms with Crippen molar-refractivity contribution in [2.24, 2.45) is 17.6 Å². The number of ketones is 1. The number of ether oxygens (including phenoxy) is 2. The van der Waals surface area contributed by atoms with Crippen LogP contribution in [0.1, 0.15) is 29.8 Å². The number of amides is 1. The second-order valence-corrected chi connectivity index (χ2v) is 14.0. The fourth-order valence-corrected chi connectivity index (χ4v) is 7.81. The summed E-state index contributed by atoms with van der Waals surface area (Å²) in [5.41, 5.74) is 7.58. The number of carbonyl (C=O) groups is 2. The van der Waals surface area contributed by atoms with Gasteiger partial charge in [0.15, 0.2) is 27.1 Å². The van der Waals surface area contributed by atoms with Crippen LogP contribution >= 0.6 is 0 Å². The second-order valence-electron chi connectivity index (χ2n) is 10.1. The van der Waals surface area contributed by atoms with Crippen molar-refractivity contribution < 1.29 is 35.9 Å². The fourth-order valence-electron chi connectivity index (χ4n) is 4.55. The van der Waals surface area contributed by atoms with Crippen LogP contribution in [0.5, 0.6) is 11.5 Å². The smallest absolute Gasteiger partial charge is 0.268 e. The topological polar surface area (TPSA) is 150 Å². The Morgan fingerprint density at radius 1 is 0.878 bits per heavy atom. The normalized spacial score (nSPS) is 15.1. The first-order valence-corrected chi connectivity index (χ1v) is 16.2. The maximum absolute atomic E-state index is 13.9. The Balaban J connectivity index is 1.62. The van der Waals surface area contributed by atoms with E-state index in [2.05, 4.69) is 0 Å². The van der Waals surface area contributed by atoms with E-state index in [1.54, 1.807) is 25.1 Å². The first-order valence-electron chi connectivity index (χ1n) is 12.9. The molecule has 4 rings (SSSR count). The van der Waals surface area contributed by atoms with Gasteiger partial charge in [0, 0.05) is 11.6 Å². The first kappa shape index (κ1) is 30.2. The molecule has 1 amide bonds. The van der Waals surface area contributed by atoms with Gasteiger partial charge in [-0.25, -0.2) is 21.1 Å². The second kappa shape index (κ2) is 12.4. The van der Waals surface area contributed by atoms with Crippen LogP contribution in [0.3, 0.4) is 0 Å². The Hall–Kier alpha value is -3.74. The number of sulfonamides is 1. The van der Waals surface area contributed by atoms with Crippen LogP contribution in [0.15, 0.2) is 83.8 Å². The van der Waals surface area contributed by atoms with Crippen molar-refractivity contribution in [2.75, 3.05) is 18.3 Å². The Morgan fingerprint density at radius 3 is 2.15 bits per heavy atom. The predicted octanol–water partition coefficient (Wildman–Crippen LogP) is 3.03. The quantitative estimate of drug-likeness (QED) is 0.244. The summed E-state index contributed by atoms with van der Waals surface area (Å²) in [6, 6.07) is 21.1. The molecule has 3 aromatic rings. The maximum Gasteiger partial charge on any atom is 0.268 e. The number of rotatable bonds is 12. The van der Waals surface area contributed by atoms with Crippen molar-refractivity contribution in [3.05, 3.63) is 90.0 Å². The molecular formula is C29H32N2O8S2. The molecule has 3 atom stereocenters. The number of nitrogens with zero attached hydrogens (tertiary/aromatic N) is 1. The molecule has 1 heterocycles. The van der Waals surface area contributed by atoms with E-state index >= 15 is 0 Å². The van der Waals surface area contributed by atoms with Gasteiger partial charge in [0.2, 0.25) is 12.7 Å². The molecule has 10 nitrogen and oxygen atoms in total. The van der Waals surface area contributed by atoms with Gasteiger partial charge in [-0.05, 0) is 30.0 Å². The van der Waals surface area contributed by atoms with Gasteiger partial charge in [0.1, 0.15) is 5.75 Å². The summed E-state index contributed by atoms with van der Waals surface area (Å²) in [5.74, 6) is -4.48. The predicted molar refractivity (Wildman–Crippen MR) is 152 cm³/mol. The van der Waals surface area contributed by atoms with E-state index < -0.39 is 61.1 Å². The van der Waals surface area contributed by atoms with Crippen LogP contribution < -0.4 is 15.2 Å². The number of nitrogens with two attached hydrogens (primary N) is 1. The Morgan fingerprint density at radius 2 is 1.49 bits per heavy atom. The van der Waals surface area contributed by atoms with Gasteiger partial charge in [0.05, 0.1) is 22.7 Å². The van der Waals surface area contributed by atoms with Crippen LogP contribution in [-0.2, 0) is 31.1 Å². The van der Waals surface area contributed by atoms with Gasteiger partial charge in [-0.3, -0.25) is 9.59 Å². The van der Waals surface area contributed by atoms with Gasteiger partial charge in [-0.1, -0.05) is 74.5 Å². The van der Waals surface area contributed by atoms with Crippen molar-refractivity contribution in [3.8, 4) is 11.5 Å². The van der Waals surface area contributed by atoms with E-state index in [1.165, 1.54) is 37.3 Å². The van der Waals surface area contributed by atoms with E-state index in [9.17, 15) is 26.4 Å². The molecule has 2 N–H and O–H groups in total. The molecule has 1 aliphatic heterocycles. The van der Waals surface area contributed by atoms with Crippen LogP contribution in [0.2, 0.25) is 0 Å². The molecule has 1 unspecified atom stereocenters. The number of hydrogen-bond donors (Lipinski definition) is 1. The largest absolute Gasteiger partial charge is 0.454 e. The van der Waals surface area contributed by atoms with Crippen molar-refractivity contribution in [1.82, 2.24) is 4.31 Å². The molecular weight excluding hydrogens is 568 g/mol. The molecule has 0 bridgehead atoms. The summed E-state index contributed by atoms with van der Waals surface area (Å²) >= 11 is 0. The third-order valence-corrected chi connectivity index (χ3v) is 10.2. The molecule has 218 valence electrons. The highest BCUT2D eigenvalue weighted by atomic mass is 32.2. The van der Waals surface area contributed by atoms with Crippen molar-refractivity contribution in [1.29, 1.82) is 0 Å². The van der Waals surface area contributed by atoms with Gasteiger partial charge >= 0.3 is 0 Å². The minimum Gasteiger partial charge on any atom is -0.454 e. The van der Waals surface area contributed by atoms with Crippen LogP contribution in [-0.4, -0.2) is 57.3 Å². The third-order valence-electron chi connectivity index (χ3n) is 6.74. The number of hydrogen-bond acceptors (Lipinski definition) is 9. The molecule has 1 aliphatic rings. The number of benzene rings is 3. The van der Waals surface area contributed by atoms with E-state index in [-0.39, 0.29) is 23.0 Å². The summed E-state index contributed by atoms with van der Waals surface area (Å²) < 4.78 is 64.9. The molecule has 0 aromatic heterocycles. The molecule has 0 aliphatic carbocycles. The number of fused-ring (bicyclic) bond motifs is 1. The molecule has 0 fully saturated rings. The summed E-state index contributed by atoms with van der Waals surface area (Å²) in [6.45, 7) is 2.95. The fraction of sp³-hybridized carbons (Fsp3) is 0.310. The van der Waals surface area contributed by atoms with Crippen LogP contribution in [0.25, 0.3) is 0 Å². The zero-order valence-corrected chi connectivity index (χ0v) is 24.3. The van der Waals surface area contributed by atoms with Crippen molar-refractivity contribution in [2.45, 2.75) is 31.3 Å². The highest BCUT2D eigenvalue weighted by Gasteiger charge is 2.40. The summed E-state index contributed by atoms with van der Waals surface area (Å²) in [4.78, 5) is 26.1. The van der Waals surface area contributed by atoms with Gasteiger partial charge in [-0.15, -0.1) is 0 Å². The lowest BCUT2D eigenvalue weighted by Gasteiger charge is -2.34. The first-order chi connectivity index (χ1) is 19.4. The van der Waals surface area contributed by atoms with Gasteiger partial charge < -0.3 is 15.2 Å². The minimum absolute atomic E-state index is 0.0777. The SMILES string of the molecule is CC(CS(=O)(=O)CC(=O)c1ccccc1)C(=O)N([C@H](N)[C@@H](C)Cc1ccccc1)S(=O)(=O)c1ccc2c(c1)OCO2. The highest BCUT2D eigenvalue weighted by molar-refractivity contribution is 7.92. The number of Topliss-reactive ketones (excluding diaryl/α,β-unsaturated/α-hetero) is 1. The number of carbonyl (C=O) groups excluding carboxylic acids is 2. The standard InChI is InChI=1S/C29H32N2O8S2/c1-20(15-22-9-5-3-6-10-22)28(30)31(41(36,37)24-13-14-26-27(16-24)39-19-38-26)29(33)21(2)17-40(34,35)18-25(32)23-11-7-4-8-12-23/h3-14,16,20-21,28H,15,17-19,30H2,1-2H3/t20-,21?,28-/m0/s1. The van der Waals surface area contributed by atoms with Crippen molar-refractivity contribution >= 4 is 31.6 Å². The third kappa shape index (κ3) is 7.13. The molecule has 12 heteroatoms. The number of sulfone groups is 1.